The van der Waals surface area contributed by atoms with Crippen LogP contribution in [0.5, 0.6) is 5.75 Å². The van der Waals surface area contributed by atoms with E-state index in [1.807, 2.05) is 19.1 Å². The SMILES string of the molecule is CCOCCOc1cccc(NC(=O)CNc2ccc(Cl)c(Cl)c2)c1. The molecule has 25 heavy (non-hydrogen) atoms. The van der Waals surface area contributed by atoms with Crippen LogP contribution in [0.25, 0.3) is 0 Å². The van der Waals surface area contributed by atoms with Crippen molar-refractivity contribution in [3.63, 3.8) is 0 Å². The molecule has 0 radical (unpaired) electrons. The molecule has 0 aliphatic carbocycles. The highest BCUT2D eigenvalue weighted by molar-refractivity contribution is 6.42. The minimum absolute atomic E-state index is 0.105. The number of carbonyl (C=O) groups is 1. The summed E-state index contributed by atoms with van der Waals surface area (Å²) in [7, 11) is 0. The Bertz CT molecular complexity index is 710. The van der Waals surface area contributed by atoms with E-state index in [0.717, 1.165) is 5.69 Å². The highest BCUT2D eigenvalue weighted by Crippen LogP contribution is 2.25. The summed E-state index contributed by atoms with van der Waals surface area (Å²) in [5.41, 5.74) is 1.38. The van der Waals surface area contributed by atoms with Crippen molar-refractivity contribution < 1.29 is 14.3 Å². The molecule has 5 nitrogen and oxygen atoms in total. The number of benzene rings is 2. The Morgan fingerprint density at radius 2 is 1.88 bits per heavy atom. The van der Waals surface area contributed by atoms with Gasteiger partial charge in [-0.2, -0.15) is 0 Å². The van der Waals surface area contributed by atoms with Crippen molar-refractivity contribution in [3.8, 4) is 5.75 Å². The zero-order chi connectivity index (χ0) is 18.1. The first-order valence-corrected chi connectivity index (χ1v) is 8.63. The number of amides is 1. The summed E-state index contributed by atoms with van der Waals surface area (Å²) in [5, 5.41) is 6.71. The van der Waals surface area contributed by atoms with E-state index >= 15 is 0 Å². The average molecular weight is 383 g/mol. The van der Waals surface area contributed by atoms with E-state index in [4.69, 9.17) is 32.7 Å². The summed E-state index contributed by atoms with van der Waals surface area (Å²) in [4.78, 5) is 12.1. The molecule has 0 bridgehead atoms. The normalized spacial score (nSPS) is 10.4. The average Bonchev–Trinajstić information content (AvgIpc) is 2.60. The Morgan fingerprint density at radius 3 is 2.64 bits per heavy atom. The summed E-state index contributed by atoms with van der Waals surface area (Å²) < 4.78 is 10.8. The number of carbonyl (C=O) groups excluding carboxylic acids is 1. The van der Waals surface area contributed by atoms with Crippen LogP contribution in [0.15, 0.2) is 42.5 Å². The fraction of sp³-hybridized carbons (Fsp3) is 0.278. The lowest BCUT2D eigenvalue weighted by atomic mass is 10.3. The summed E-state index contributed by atoms with van der Waals surface area (Å²) in [6.45, 7) is 3.69. The molecule has 0 aliphatic heterocycles. The predicted octanol–water partition coefficient (Wildman–Crippen LogP) is 4.46. The van der Waals surface area contributed by atoms with E-state index in [2.05, 4.69) is 10.6 Å². The van der Waals surface area contributed by atoms with E-state index in [1.54, 1.807) is 30.3 Å². The third-order valence-electron chi connectivity index (χ3n) is 3.19. The lowest BCUT2D eigenvalue weighted by Crippen LogP contribution is -2.21. The lowest BCUT2D eigenvalue weighted by molar-refractivity contribution is -0.114. The quantitative estimate of drug-likeness (QED) is 0.628. The lowest BCUT2D eigenvalue weighted by Gasteiger charge is -2.10. The molecular weight excluding hydrogens is 363 g/mol. The van der Waals surface area contributed by atoms with Crippen LogP contribution in [-0.2, 0) is 9.53 Å². The molecule has 0 fully saturated rings. The smallest absolute Gasteiger partial charge is 0.243 e. The Balaban J connectivity index is 1.82. The van der Waals surface area contributed by atoms with Crippen LogP contribution < -0.4 is 15.4 Å². The molecule has 2 aromatic carbocycles. The molecule has 0 aromatic heterocycles. The van der Waals surface area contributed by atoms with Gasteiger partial charge in [-0.3, -0.25) is 4.79 Å². The van der Waals surface area contributed by atoms with Gasteiger partial charge in [0, 0.05) is 24.0 Å². The van der Waals surface area contributed by atoms with E-state index in [0.29, 0.717) is 41.3 Å². The first kappa shape index (κ1) is 19.4. The van der Waals surface area contributed by atoms with Gasteiger partial charge in [0.25, 0.3) is 0 Å². The second-order valence-electron chi connectivity index (χ2n) is 5.10. The molecule has 134 valence electrons. The number of hydrogen-bond donors (Lipinski definition) is 2. The minimum atomic E-state index is -0.183. The highest BCUT2D eigenvalue weighted by Gasteiger charge is 2.05. The van der Waals surface area contributed by atoms with Gasteiger partial charge < -0.3 is 20.1 Å². The van der Waals surface area contributed by atoms with Crippen LogP contribution >= 0.6 is 23.2 Å². The number of halogens is 2. The van der Waals surface area contributed by atoms with Crippen LogP contribution in [0, 0.1) is 0 Å². The summed E-state index contributed by atoms with van der Waals surface area (Å²) in [5.74, 6) is 0.493. The van der Waals surface area contributed by atoms with Gasteiger partial charge in [0.2, 0.25) is 5.91 Å². The van der Waals surface area contributed by atoms with Crippen LogP contribution in [-0.4, -0.2) is 32.3 Å². The number of nitrogens with one attached hydrogen (secondary N) is 2. The number of hydrogen-bond acceptors (Lipinski definition) is 4. The first-order chi connectivity index (χ1) is 12.1. The molecule has 0 unspecified atom stereocenters. The molecule has 1 amide bonds. The maximum absolute atomic E-state index is 12.1. The van der Waals surface area contributed by atoms with Gasteiger partial charge in [0.05, 0.1) is 23.2 Å². The van der Waals surface area contributed by atoms with E-state index < -0.39 is 0 Å². The molecule has 0 spiro atoms. The topological polar surface area (TPSA) is 59.6 Å². The maximum atomic E-state index is 12.1. The molecule has 2 N–H and O–H groups in total. The molecule has 0 atom stereocenters. The summed E-state index contributed by atoms with van der Waals surface area (Å²) >= 11 is 11.8. The Kier molecular flexibility index (Phi) is 7.85. The molecule has 7 heteroatoms. The highest BCUT2D eigenvalue weighted by atomic mass is 35.5. The number of anilines is 2. The van der Waals surface area contributed by atoms with E-state index in [9.17, 15) is 4.79 Å². The zero-order valence-electron chi connectivity index (χ0n) is 13.9. The molecule has 0 aliphatic rings. The Labute approximate surface area is 157 Å². The van der Waals surface area contributed by atoms with Crippen LogP contribution in [0.4, 0.5) is 11.4 Å². The maximum Gasteiger partial charge on any atom is 0.243 e. The van der Waals surface area contributed by atoms with Crippen molar-refractivity contribution in [1.29, 1.82) is 0 Å². The second-order valence-corrected chi connectivity index (χ2v) is 5.92. The van der Waals surface area contributed by atoms with Crippen molar-refractivity contribution >= 4 is 40.5 Å². The molecular formula is C18H20Cl2N2O3. The molecule has 0 saturated heterocycles. The number of ether oxygens (including phenoxy) is 2. The number of rotatable bonds is 9. The Hall–Kier alpha value is -1.95. The van der Waals surface area contributed by atoms with Crippen LogP contribution in [0.3, 0.4) is 0 Å². The van der Waals surface area contributed by atoms with Gasteiger partial charge in [-0.15, -0.1) is 0 Å². The molecule has 2 rings (SSSR count). The van der Waals surface area contributed by atoms with E-state index in [-0.39, 0.29) is 12.5 Å². The van der Waals surface area contributed by atoms with Crippen LogP contribution in [0.1, 0.15) is 6.92 Å². The van der Waals surface area contributed by atoms with Crippen molar-refractivity contribution in [2.45, 2.75) is 6.92 Å². The summed E-state index contributed by atoms with van der Waals surface area (Å²) in [6.07, 6.45) is 0. The fourth-order valence-corrected chi connectivity index (χ4v) is 2.32. The van der Waals surface area contributed by atoms with E-state index in [1.165, 1.54) is 0 Å². The zero-order valence-corrected chi connectivity index (χ0v) is 15.4. The molecule has 0 saturated carbocycles. The van der Waals surface area contributed by atoms with Crippen LogP contribution in [0.2, 0.25) is 10.0 Å². The van der Waals surface area contributed by atoms with Gasteiger partial charge >= 0.3 is 0 Å². The summed E-state index contributed by atoms with van der Waals surface area (Å²) in [6, 6.07) is 12.3. The monoisotopic (exact) mass is 382 g/mol. The Morgan fingerprint density at radius 1 is 1.04 bits per heavy atom. The minimum Gasteiger partial charge on any atom is -0.491 e. The van der Waals surface area contributed by atoms with Crippen molar-refractivity contribution in [2.75, 3.05) is 37.0 Å². The van der Waals surface area contributed by atoms with Crippen molar-refractivity contribution in [2.24, 2.45) is 0 Å². The van der Waals surface area contributed by atoms with Gasteiger partial charge in [0.1, 0.15) is 12.4 Å². The molecule has 2 aromatic rings. The van der Waals surface area contributed by atoms with Crippen molar-refractivity contribution in [1.82, 2.24) is 0 Å². The molecule has 0 heterocycles. The standard InChI is InChI=1S/C18H20Cl2N2O3/c1-2-24-8-9-25-15-5-3-4-14(10-15)22-18(23)12-21-13-6-7-16(19)17(20)11-13/h3-7,10-11,21H,2,8-9,12H2,1H3,(H,22,23). The van der Waals surface area contributed by atoms with Crippen molar-refractivity contribution in [3.05, 3.63) is 52.5 Å². The van der Waals surface area contributed by atoms with Gasteiger partial charge in [-0.1, -0.05) is 29.3 Å². The predicted molar refractivity (Wildman–Crippen MR) is 102 cm³/mol. The largest absolute Gasteiger partial charge is 0.491 e. The second kappa shape index (κ2) is 10.1. The first-order valence-electron chi connectivity index (χ1n) is 7.88. The van der Waals surface area contributed by atoms with Gasteiger partial charge in [0.15, 0.2) is 0 Å². The van der Waals surface area contributed by atoms with Gasteiger partial charge in [-0.05, 0) is 37.3 Å². The third-order valence-corrected chi connectivity index (χ3v) is 3.93. The third kappa shape index (κ3) is 6.82. The fourth-order valence-electron chi connectivity index (χ4n) is 2.02. The van der Waals surface area contributed by atoms with Gasteiger partial charge in [-0.25, -0.2) is 0 Å².